The Balaban J connectivity index is 1.53. The standard InChI is InChI=1S/C22H23F5N2O3/c1-14(10-19(30)22(25,26)27)15-2-4-17(5-3-15)32-18-7-9-29(12-18)16-6-8-28-21(11-16)31-13-20(23)24/h2-6,8,11,14,18,20H,7,9-10,12-13H2,1H3/t14-,18?/m1/s1. The number of halogens is 5. The maximum Gasteiger partial charge on any atom is 0.449 e. The summed E-state index contributed by atoms with van der Waals surface area (Å²) in [4.78, 5) is 17.1. The van der Waals surface area contributed by atoms with E-state index >= 15 is 0 Å². The van der Waals surface area contributed by atoms with Gasteiger partial charge in [0.15, 0.2) is 6.61 Å². The average Bonchev–Trinajstić information content (AvgIpc) is 3.21. The Kier molecular flexibility index (Phi) is 7.52. The van der Waals surface area contributed by atoms with Crippen LogP contribution in [-0.2, 0) is 4.79 Å². The molecule has 0 radical (unpaired) electrons. The molecule has 0 N–H and O–H groups in total. The Morgan fingerprint density at radius 1 is 1.22 bits per heavy atom. The van der Waals surface area contributed by atoms with Crippen molar-refractivity contribution in [3.63, 3.8) is 0 Å². The van der Waals surface area contributed by atoms with Gasteiger partial charge in [-0.25, -0.2) is 13.8 Å². The molecule has 1 unspecified atom stereocenters. The van der Waals surface area contributed by atoms with E-state index in [0.29, 0.717) is 24.4 Å². The number of carbonyl (C=O) groups is 1. The van der Waals surface area contributed by atoms with Gasteiger partial charge in [0.05, 0.1) is 6.54 Å². The number of hydrogen-bond donors (Lipinski definition) is 0. The minimum atomic E-state index is -4.82. The molecule has 2 heterocycles. The van der Waals surface area contributed by atoms with Gasteiger partial charge in [-0.2, -0.15) is 13.2 Å². The van der Waals surface area contributed by atoms with Crippen LogP contribution in [0.2, 0.25) is 0 Å². The van der Waals surface area contributed by atoms with E-state index in [0.717, 1.165) is 12.1 Å². The number of hydrogen-bond acceptors (Lipinski definition) is 5. The maximum absolute atomic E-state index is 12.4. The summed E-state index contributed by atoms with van der Waals surface area (Å²) in [6, 6.07) is 10.0. The highest BCUT2D eigenvalue weighted by molar-refractivity contribution is 5.84. The molecule has 0 saturated carbocycles. The molecule has 5 nitrogen and oxygen atoms in total. The fourth-order valence-electron chi connectivity index (χ4n) is 3.46. The molecule has 2 atom stereocenters. The second-order valence-electron chi connectivity index (χ2n) is 7.62. The molecule has 1 aromatic heterocycles. The summed E-state index contributed by atoms with van der Waals surface area (Å²) in [6.45, 7) is 2.11. The van der Waals surface area contributed by atoms with E-state index in [1.807, 2.05) is 4.90 Å². The number of carbonyl (C=O) groups excluding carboxylic acids is 1. The van der Waals surface area contributed by atoms with Gasteiger partial charge < -0.3 is 14.4 Å². The van der Waals surface area contributed by atoms with E-state index in [9.17, 15) is 26.7 Å². The first kappa shape index (κ1) is 23.7. The number of benzene rings is 1. The molecule has 1 aliphatic rings. The SMILES string of the molecule is C[C@H](CC(=O)C(F)(F)F)c1ccc(OC2CCN(c3ccnc(OCC(F)F)c3)C2)cc1. The number of alkyl halides is 5. The molecule has 0 bridgehead atoms. The molecule has 2 aromatic rings. The summed E-state index contributed by atoms with van der Waals surface area (Å²) in [5.74, 6) is -1.60. The van der Waals surface area contributed by atoms with Gasteiger partial charge >= 0.3 is 6.18 Å². The predicted molar refractivity (Wildman–Crippen MR) is 108 cm³/mol. The van der Waals surface area contributed by atoms with Crippen LogP contribution in [-0.4, -0.2) is 49.2 Å². The lowest BCUT2D eigenvalue weighted by atomic mass is 9.95. The fourth-order valence-corrected chi connectivity index (χ4v) is 3.46. The molecule has 0 spiro atoms. The summed E-state index contributed by atoms with van der Waals surface area (Å²) >= 11 is 0. The summed E-state index contributed by atoms with van der Waals surface area (Å²) in [6.07, 6.45) is -5.90. The molecule has 0 amide bonds. The number of rotatable bonds is 9. The summed E-state index contributed by atoms with van der Waals surface area (Å²) < 4.78 is 72.9. The van der Waals surface area contributed by atoms with Gasteiger partial charge in [-0.1, -0.05) is 19.1 Å². The maximum atomic E-state index is 12.4. The fraction of sp³-hybridized carbons (Fsp3) is 0.455. The van der Waals surface area contributed by atoms with Crippen molar-refractivity contribution >= 4 is 11.5 Å². The van der Waals surface area contributed by atoms with E-state index in [2.05, 4.69) is 4.98 Å². The molecular formula is C22H23F5N2O3. The number of Topliss-reactive ketones (excluding diaryl/α,β-unsaturated/α-hetero) is 1. The normalized spacial score (nSPS) is 17.5. The molecule has 10 heteroatoms. The molecule has 32 heavy (non-hydrogen) atoms. The summed E-state index contributed by atoms with van der Waals surface area (Å²) in [5, 5.41) is 0. The smallest absolute Gasteiger partial charge is 0.449 e. The van der Waals surface area contributed by atoms with Gasteiger partial charge in [0.2, 0.25) is 11.7 Å². The highest BCUT2D eigenvalue weighted by Gasteiger charge is 2.38. The van der Waals surface area contributed by atoms with Crippen LogP contribution < -0.4 is 14.4 Å². The lowest BCUT2D eigenvalue weighted by molar-refractivity contribution is -0.171. The number of ketones is 1. The number of nitrogens with zero attached hydrogens (tertiary/aromatic N) is 2. The summed E-state index contributed by atoms with van der Waals surface area (Å²) in [5.41, 5.74) is 1.41. The summed E-state index contributed by atoms with van der Waals surface area (Å²) in [7, 11) is 0. The topological polar surface area (TPSA) is 51.7 Å². The molecule has 0 aliphatic carbocycles. The van der Waals surface area contributed by atoms with Crippen LogP contribution >= 0.6 is 0 Å². The first-order chi connectivity index (χ1) is 15.1. The Bertz CT molecular complexity index is 905. The van der Waals surface area contributed by atoms with Gasteiger partial charge in [-0.3, -0.25) is 4.79 Å². The number of pyridine rings is 1. The predicted octanol–water partition coefficient (Wildman–Crippen LogP) is 5.01. The molecular weight excluding hydrogens is 435 g/mol. The third kappa shape index (κ3) is 6.54. The van der Waals surface area contributed by atoms with Crippen molar-refractivity contribution in [1.29, 1.82) is 0 Å². The van der Waals surface area contributed by atoms with Crippen molar-refractivity contribution in [1.82, 2.24) is 4.98 Å². The van der Waals surface area contributed by atoms with Crippen LogP contribution in [0.25, 0.3) is 0 Å². The van der Waals surface area contributed by atoms with Crippen molar-refractivity contribution in [2.75, 3.05) is 24.6 Å². The highest BCUT2D eigenvalue weighted by atomic mass is 19.4. The second kappa shape index (κ2) is 10.1. The molecule has 3 rings (SSSR count). The molecule has 1 saturated heterocycles. The molecule has 1 aromatic carbocycles. The molecule has 174 valence electrons. The van der Waals surface area contributed by atoms with Gasteiger partial charge in [-0.15, -0.1) is 0 Å². The first-order valence-corrected chi connectivity index (χ1v) is 10.1. The van der Waals surface area contributed by atoms with Crippen molar-refractivity contribution in [3.8, 4) is 11.6 Å². The van der Waals surface area contributed by atoms with E-state index in [4.69, 9.17) is 9.47 Å². The van der Waals surface area contributed by atoms with Crippen LogP contribution in [0, 0.1) is 0 Å². The van der Waals surface area contributed by atoms with Crippen LogP contribution in [0.15, 0.2) is 42.6 Å². The molecule has 1 aliphatic heterocycles. The minimum Gasteiger partial charge on any atom is -0.489 e. The first-order valence-electron chi connectivity index (χ1n) is 10.1. The van der Waals surface area contributed by atoms with Crippen molar-refractivity contribution in [3.05, 3.63) is 48.2 Å². The zero-order valence-electron chi connectivity index (χ0n) is 17.3. The van der Waals surface area contributed by atoms with Crippen LogP contribution in [0.3, 0.4) is 0 Å². The Morgan fingerprint density at radius 3 is 2.59 bits per heavy atom. The quantitative estimate of drug-likeness (QED) is 0.495. The third-order valence-corrected chi connectivity index (χ3v) is 5.15. The zero-order chi connectivity index (χ0) is 23.3. The van der Waals surface area contributed by atoms with Crippen LogP contribution in [0.4, 0.5) is 27.6 Å². The van der Waals surface area contributed by atoms with Crippen molar-refractivity contribution in [2.24, 2.45) is 0 Å². The van der Waals surface area contributed by atoms with Crippen molar-refractivity contribution < 1.29 is 36.2 Å². The van der Waals surface area contributed by atoms with Gasteiger partial charge in [0, 0.05) is 37.3 Å². The third-order valence-electron chi connectivity index (χ3n) is 5.15. The average molecular weight is 458 g/mol. The van der Waals surface area contributed by atoms with Crippen LogP contribution in [0.5, 0.6) is 11.6 Å². The minimum absolute atomic E-state index is 0.122. The van der Waals surface area contributed by atoms with E-state index < -0.39 is 37.3 Å². The van der Waals surface area contributed by atoms with Gasteiger partial charge in [0.25, 0.3) is 6.43 Å². The molecule has 1 fully saturated rings. The van der Waals surface area contributed by atoms with Gasteiger partial charge in [-0.05, 0) is 29.7 Å². The van der Waals surface area contributed by atoms with Gasteiger partial charge in [0.1, 0.15) is 11.9 Å². The highest BCUT2D eigenvalue weighted by Crippen LogP contribution is 2.29. The lowest BCUT2D eigenvalue weighted by Crippen LogP contribution is -2.24. The van der Waals surface area contributed by atoms with E-state index in [1.165, 1.54) is 6.20 Å². The number of anilines is 1. The monoisotopic (exact) mass is 458 g/mol. The lowest BCUT2D eigenvalue weighted by Gasteiger charge is -2.20. The largest absolute Gasteiger partial charge is 0.489 e. The van der Waals surface area contributed by atoms with Crippen molar-refractivity contribution in [2.45, 2.75) is 44.4 Å². The Morgan fingerprint density at radius 2 is 1.94 bits per heavy atom. The zero-order valence-corrected chi connectivity index (χ0v) is 17.3. The Hall–Kier alpha value is -2.91. The number of aromatic nitrogens is 1. The van der Waals surface area contributed by atoms with E-state index in [1.54, 1.807) is 43.3 Å². The van der Waals surface area contributed by atoms with Crippen LogP contribution in [0.1, 0.15) is 31.2 Å². The Labute approximate surface area is 182 Å². The number of ether oxygens (including phenoxy) is 2. The second-order valence-corrected chi connectivity index (χ2v) is 7.62. The van der Waals surface area contributed by atoms with E-state index in [-0.39, 0.29) is 12.0 Å².